The Morgan fingerprint density at radius 3 is 2.50 bits per heavy atom. The second kappa shape index (κ2) is 4.81. The van der Waals surface area contributed by atoms with Gasteiger partial charge in [0.1, 0.15) is 0 Å². The van der Waals surface area contributed by atoms with Gasteiger partial charge in [-0.1, -0.05) is 25.5 Å². The summed E-state index contributed by atoms with van der Waals surface area (Å²) in [6.45, 7) is 2.17. The molecule has 0 atom stereocenters. The summed E-state index contributed by atoms with van der Waals surface area (Å²) in [6.07, 6.45) is 2.30. The topological polar surface area (TPSA) is 12.4 Å². The molecule has 1 nitrogen and oxygen atoms in total. The normalized spacial score (nSPS) is 9.08. The molecule has 0 spiro atoms. The highest BCUT2D eigenvalue weighted by molar-refractivity contribution is 7.78. The van der Waals surface area contributed by atoms with Crippen LogP contribution in [0.5, 0.6) is 0 Å². The predicted molar refractivity (Wildman–Crippen MR) is 55.1 cm³/mol. The average molecular weight is 177 g/mol. The SMILES string of the molecule is CCCc1ccc(N=C=S)cc1. The molecule has 0 aliphatic rings. The Morgan fingerprint density at radius 2 is 2.00 bits per heavy atom. The zero-order chi connectivity index (χ0) is 8.81. The first-order valence-electron chi connectivity index (χ1n) is 4.03. The van der Waals surface area contributed by atoms with Crippen molar-refractivity contribution in [3.63, 3.8) is 0 Å². The van der Waals surface area contributed by atoms with Gasteiger partial charge in [0.05, 0.1) is 10.8 Å². The number of hydrogen-bond donors (Lipinski definition) is 0. The molecule has 0 unspecified atom stereocenters. The van der Waals surface area contributed by atoms with E-state index >= 15 is 0 Å². The molecule has 0 radical (unpaired) electrons. The zero-order valence-electron chi connectivity index (χ0n) is 7.08. The summed E-state index contributed by atoms with van der Waals surface area (Å²) in [4.78, 5) is 3.87. The summed E-state index contributed by atoms with van der Waals surface area (Å²) in [6, 6.07) is 8.08. The lowest BCUT2D eigenvalue weighted by atomic mass is 10.1. The van der Waals surface area contributed by atoms with Crippen LogP contribution in [0, 0.1) is 0 Å². The average Bonchev–Trinajstić information content (AvgIpc) is 2.09. The summed E-state index contributed by atoms with van der Waals surface area (Å²) < 4.78 is 0. The maximum Gasteiger partial charge on any atom is 0.0739 e. The van der Waals surface area contributed by atoms with Gasteiger partial charge in [0.15, 0.2) is 0 Å². The van der Waals surface area contributed by atoms with Crippen LogP contribution in [0.15, 0.2) is 29.3 Å². The highest BCUT2D eigenvalue weighted by atomic mass is 32.1. The third-order valence-corrected chi connectivity index (χ3v) is 1.74. The highest BCUT2D eigenvalue weighted by Crippen LogP contribution is 2.12. The molecule has 0 saturated carbocycles. The van der Waals surface area contributed by atoms with E-state index in [1.165, 1.54) is 12.0 Å². The van der Waals surface area contributed by atoms with Crippen LogP contribution in [0.3, 0.4) is 0 Å². The smallest absolute Gasteiger partial charge is 0.0739 e. The van der Waals surface area contributed by atoms with Gasteiger partial charge in [-0.05, 0) is 36.3 Å². The van der Waals surface area contributed by atoms with Crippen LogP contribution in [-0.4, -0.2) is 5.16 Å². The second-order valence-corrected chi connectivity index (χ2v) is 2.80. The van der Waals surface area contributed by atoms with Gasteiger partial charge >= 0.3 is 0 Å². The van der Waals surface area contributed by atoms with Crippen molar-refractivity contribution in [1.82, 2.24) is 0 Å². The molecule has 0 bridgehead atoms. The molecule has 1 rings (SSSR count). The van der Waals surface area contributed by atoms with Gasteiger partial charge in [-0.15, -0.1) is 0 Å². The van der Waals surface area contributed by atoms with Crippen molar-refractivity contribution in [1.29, 1.82) is 0 Å². The van der Waals surface area contributed by atoms with Gasteiger partial charge in [0.25, 0.3) is 0 Å². The maximum atomic E-state index is 4.50. The van der Waals surface area contributed by atoms with Crippen LogP contribution in [0.2, 0.25) is 0 Å². The number of nitrogens with zero attached hydrogens (tertiary/aromatic N) is 1. The molecule has 0 amide bonds. The monoisotopic (exact) mass is 177 g/mol. The molecular formula is C10H11NS. The summed E-state index contributed by atoms with van der Waals surface area (Å²) in [7, 11) is 0. The van der Waals surface area contributed by atoms with Crippen molar-refractivity contribution >= 4 is 23.1 Å². The quantitative estimate of drug-likeness (QED) is 0.509. The molecule has 0 aromatic heterocycles. The van der Waals surface area contributed by atoms with Crippen LogP contribution in [0.1, 0.15) is 18.9 Å². The van der Waals surface area contributed by atoms with Crippen LogP contribution in [0.4, 0.5) is 5.69 Å². The van der Waals surface area contributed by atoms with Crippen molar-refractivity contribution in [2.45, 2.75) is 19.8 Å². The number of rotatable bonds is 3. The largest absolute Gasteiger partial charge is 0.195 e. The molecule has 0 aliphatic heterocycles. The third kappa shape index (κ3) is 2.57. The van der Waals surface area contributed by atoms with Crippen molar-refractivity contribution in [3.05, 3.63) is 29.8 Å². The zero-order valence-corrected chi connectivity index (χ0v) is 7.90. The van der Waals surface area contributed by atoms with E-state index in [2.05, 4.69) is 41.4 Å². The van der Waals surface area contributed by atoms with Crippen LogP contribution < -0.4 is 0 Å². The maximum absolute atomic E-state index is 4.50. The summed E-state index contributed by atoms with van der Waals surface area (Å²) in [5.41, 5.74) is 2.23. The molecular weight excluding hydrogens is 166 g/mol. The fourth-order valence-corrected chi connectivity index (χ4v) is 1.18. The van der Waals surface area contributed by atoms with Crippen LogP contribution >= 0.6 is 12.2 Å². The highest BCUT2D eigenvalue weighted by Gasteiger charge is 1.90. The molecule has 0 fully saturated rings. The van der Waals surface area contributed by atoms with E-state index in [9.17, 15) is 0 Å². The first-order valence-corrected chi connectivity index (χ1v) is 4.44. The Morgan fingerprint density at radius 1 is 1.33 bits per heavy atom. The fraction of sp³-hybridized carbons (Fsp3) is 0.300. The Balaban J connectivity index is 2.77. The number of hydrogen-bond acceptors (Lipinski definition) is 2. The lowest BCUT2D eigenvalue weighted by molar-refractivity contribution is 0.922. The van der Waals surface area contributed by atoms with Crippen molar-refractivity contribution in [2.24, 2.45) is 4.99 Å². The van der Waals surface area contributed by atoms with Crippen molar-refractivity contribution in [2.75, 3.05) is 0 Å². The van der Waals surface area contributed by atoms with E-state index in [-0.39, 0.29) is 0 Å². The minimum Gasteiger partial charge on any atom is -0.195 e. The van der Waals surface area contributed by atoms with Gasteiger partial charge in [-0.2, -0.15) is 4.99 Å². The number of aryl methyl sites for hydroxylation is 1. The minimum absolute atomic E-state index is 0.879. The van der Waals surface area contributed by atoms with Gasteiger partial charge in [0, 0.05) is 0 Å². The molecule has 0 saturated heterocycles. The molecule has 1 aromatic rings. The molecule has 62 valence electrons. The van der Waals surface area contributed by atoms with Gasteiger partial charge < -0.3 is 0 Å². The molecule has 12 heavy (non-hydrogen) atoms. The minimum atomic E-state index is 0.879. The first kappa shape index (κ1) is 9.11. The second-order valence-electron chi connectivity index (χ2n) is 2.62. The van der Waals surface area contributed by atoms with E-state index in [0.29, 0.717) is 0 Å². The molecule has 2 heteroatoms. The first-order chi connectivity index (χ1) is 5.86. The number of thiocarbonyl (C=S) groups is 1. The van der Waals surface area contributed by atoms with Crippen LogP contribution in [0.25, 0.3) is 0 Å². The summed E-state index contributed by atoms with van der Waals surface area (Å²) in [5, 5.41) is 2.34. The number of aliphatic imine (C=N–C) groups is 1. The fourth-order valence-electron chi connectivity index (χ4n) is 1.08. The van der Waals surface area contributed by atoms with E-state index in [1.54, 1.807) is 0 Å². The standard InChI is InChI=1S/C10H11NS/c1-2-3-9-4-6-10(7-5-9)11-8-12/h4-7H,2-3H2,1H3. The Kier molecular flexibility index (Phi) is 3.65. The van der Waals surface area contributed by atoms with Crippen LogP contribution in [-0.2, 0) is 6.42 Å². The molecule has 0 N–H and O–H groups in total. The molecule has 0 heterocycles. The van der Waals surface area contributed by atoms with E-state index < -0.39 is 0 Å². The van der Waals surface area contributed by atoms with Crippen molar-refractivity contribution in [3.8, 4) is 0 Å². The van der Waals surface area contributed by atoms with Gasteiger partial charge in [-0.25, -0.2) is 0 Å². The Bertz CT molecular complexity index is 283. The Hall–Kier alpha value is -0.980. The van der Waals surface area contributed by atoms with E-state index in [0.717, 1.165) is 12.1 Å². The lowest BCUT2D eigenvalue weighted by Crippen LogP contribution is -1.80. The van der Waals surface area contributed by atoms with E-state index in [4.69, 9.17) is 0 Å². The predicted octanol–water partition coefficient (Wildman–Crippen LogP) is 3.37. The third-order valence-electron chi connectivity index (χ3n) is 1.65. The Labute approximate surface area is 78.1 Å². The van der Waals surface area contributed by atoms with Crippen molar-refractivity contribution < 1.29 is 0 Å². The number of benzene rings is 1. The van der Waals surface area contributed by atoms with E-state index in [1.807, 2.05) is 12.1 Å². The molecule has 1 aromatic carbocycles. The summed E-state index contributed by atoms with van der Waals surface area (Å²) in [5.74, 6) is 0. The van der Waals surface area contributed by atoms with Gasteiger partial charge in [-0.3, -0.25) is 0 Å². The molecule has 0 aliphatic carbocycles. The van der Waals surface area contributed by atoms with Gasteiger partial charge in [0.2, 0.25) is 0 Å². The number of isothiocyanates is 1. The lowest BCUT2D eigenvalue weighted by Gasteiger charge is -1.97. The summed E-state index contributed by atoms with van der Waals surface area (Å²) >= 11 is 4.50.